The summed E-state index contributed by atoms with van der Waals surface area (Å²) in [6.45, 7) is 2.55. The summed E-state index contributed by atoms with van der Waals surface area (Å²) in [5, 5.41) is 45.3. The molecule has 210 valence electrons. The molecule has 1 amide bonds. The molecule has 0 bridgehead atoms. The monoisotopic (exact) mass is 540 g/mol. The van der Waals surface area contributed by atoms with Gasteiger partial charge in [0.05, 0.1) is 11.6 Å². The van der Waals surface area contributed by atoms with Crippen molar-refractivity contribution in [3.05, 3.63) is 39.7 Å². The van der Waals surface area contributed by atoms with E-state index in [-0.39, 0.29) is 29.7 Å². The number of carbonyl (C=O) groups excluding carboxylic acids is 3. The van der Waals surface area contributed by atoms with E-state index in [4.69, 9.17) is 5.73 Å². The van der Waals surface area contributed by atoms with Gasteiger partial charge in [0, 0.05) is 37.8 Å². The molecule has 0 aromatic heterocycles. The van der Waals surface area contributed by atoms with Gasteiger partial charge < -0.3 is 31.1 Å². The number of hydrogen-bond donors (Lipinski definition) is 5. The Morgan fingerprint density at radius 1 is 1.13 bits per heavy atom. The highest BCUT2D eigenvalue weighted by Gasteiger charge is 2.64. The van der Waals surface area contributed by atoms with Gasteiger partial charge in [-0.3, -0.25) is 24.2 Å². The third kappa shape index (κ3) is 3.86. The average Bonchev–Trinajstić information content (AvgIpc) is 3.33. The lowest BCUT2D eigenvalue weighted by Gasteiger charge is -2.50. The molecule has 1 saturated carbocycles. The highest BCUT2D eigenvalue weighted by atomic mass is 16.3. The topological polar surface area (TPSA) is 168 Å². The number of nitrogens with two attached hydrogens (primary N) is 1. The Morgan fingerprint density at radius 2 is 1.77 bits per heavy atom. The molecule has 1 saturated heterocycles. The van der Waals surface area contributed by atoms with Gasteiger partial charge >= 0.3 is 0 Å². The number of amides is 1. The van der Waals surface area contributed by atoms with E-state index in [1.54, 1.807) is 20.2 Å². The van der Waals surface area contributed by atoms with Crippen molar-refractivity contribution in [1.29, 1.82) is 0 Å². The van der Waals surface area contributed by atoms with Gasteiger partial charge in [-0.05, 0) is 76.0 Å². The van der Waals surface area contributed by atoms with Crippen LogP contribution >= 0.6 is 0 Å². The van der Waals surface area contributed by atoms with Crippen LogP contribution in [0, 0.1) is 11.8 Å². The lowest BCUT2D eigenvalue weighted by molar-refractivity contribution is -0.153. The van der Waals surface area contributed by atoms with Crippen molar-refractivity contribution in [2.75, 3.05) is 46.2 Å². The number of anilines is 1. The van der Waals surface area contributed by atoms with Gasteiger partial charge in [0.15, 0.2) is 11.4 Å². The largest absolute Gasteiger partial charge is 0.508 e. The summed E-state index contributed by atoms with van der Waals surface area (Å²) in [7, 11) is 6.94. The number of likely N-dealkylation sites (tertiary alicyclic amines) is 1. The molecule has 39 heavy (non-hydrogen) atoms. The van der Waals surface area contributed by atoms with Gasteiger partial charge in [0.1, 0.15) is 22.8 Å². The van der Waals surface area contributed by atoms with Gasteiger partial charge in [0.25, 0.3) is 5.91 Å². The highest BCUT2D eigenvalue weighted by Crippen LogP contribution is 2.54. The first-order valence-corrected chi connectivity index (χ1v) is 13.2. The maximum absolute atomic E-state index is 14.0. The second kappa shape index (κ2) is 9.35. The van der Waals surface area contributed by atoms with Gasteiger partial charge in [-0.2, -0.15) is 0 Å². The number of benzene rings is 1. The van der Waals surface area contributed by atoms with E-state index in [1.165, 1.54) is 4.90 Å². The highest BCUT2D eigenvalue weighted by molar-refractivity contribution is 6.24. The van der Waals surface area contributed by atoms with Crippen molar-refractivity contribution < 1.29 is 34.8 Å². The third-order valence-corrected chi connectivity index (χ3v) is 8.81. The quantitative estimate of drug-likeness (QED) is 0.334. The Kier molecular flexibility index (Phi) is 6.52. The fourth-order valence-corrected chi connectivity index (χ4v) is 7.23. The number of aliphatic hydroxyl groups excluding tert-OH is 2. The molecule has 2 fully saturated rings. The first-order chi connectivity index (χ1) is 18.3. The van der Waals surface area contributed by atoms with E-state index in [0.29, 0.717) is 12.1 Å². The zero-order chi connectivity index (χ0) is 28.5. The molecule has 4 aliphatic rings. The number of fused-ring (bicyclic) bond motifs is 3. The van der Waals surface area contributed by atoms with Crippen molar-refractivity contribution in [2.24, 2.45) is 17.6 Å². The van der Waals surface area contributed by atoms with Crippen LogP contribution in [0.4, 0.5) is 5.69 Å². The summed E-state index contributed by atoms with van der Waals surface area (Å²) in [5.41, 5.74) is 4.31. The van der Waals surface area contributed by atoms with Crippen LogP contribution in [-0.4, -0.2) is 101 Å². The minimum absolute atomic E-state index is 0.0652. The summed E-state index contributed by atoms with van der Waals surface area (Å²) in [6.07, 6.45) is 2.55. The molecular formula is C28H36N4O7. The Hall–Kier alpha value is -3.41. The second-order valence-electron chi connectivity index (χ2n) is 11.6. The Balaban J connectivity index is 1.70. The van der Waals surface area contributed by atoms with E-state index >= 15 is 0 Å². The van der Waals surface area contributed by atoms with E-state index in [2.05, 4.69) is 4.90 Å². The zero-order valence-corrected chi connectivity index (χ0v) is 22.7. The summed E-state index contributed by atoms with van der Waals surface area (Å²) >= 11 is 0. The number of nitrogens with zero attached hydrogens (tertiary/aromatic N) is 3. The predicted molar refractivity (Wildman–Crippen MR) is 143 cm³/mol. The first kappa shape index (κ1) is 27.2. The van der Waals surface area contributed by atoms with Crippen LogP contribution in [0.5, 0.6) is 5.75 Å². The van der Waals surface area contributed by atoms with E-state index in [9.17, 15) is 34.8 Å². The molecule has 11 nitrogen and oxygen atoms in total. The minimum Gasteiger partial charge on any atom is -0.508 e. The van der Waals surface area contributed by atoms with E-state index in [1.807, 2.05) is 19.0 Å². The summed E-state index contributed by atoms with van der Waals surface area (Å²) in [6, 6.07) is 0.504. The normalized spacial score (nSPS) is 29.0. The number of phenols is 1. The number of primary amides is 1. The molecule has 3 aliphatic carbocycles. The number of phenolic OH excluding ortho intramolecular Hbond substituents is 1. The smallest absolute Gasteiger partial charge is 0.255 e. The first-order valence-electron chi connectivity index (χ1n) is 13.2. The lowest BCUT2D eigenvalue weighted by atomic mass is 9.57. The van der Waals surface area contributed by atoms with Crippen molar-refractivity contribution in [3.8, 4) is 5.75 Å². The number of aliphatic hydroxyl groups is 3. The van der Waals surface area contributed by atoms with Crippen LogP contribution in [0.25, 0.3) is 5.76 Å². The van der Waals surface area contributed by atoms with Crippen molar-refractivity contribution >= 4 is 28.9 Å². The van der Waals surface area contributed by atoms with Crippen molar-refractivity contribution in [1.82, 2.24) is 9.80 Å². The standard InChI is InChI=1S/C28H36N4O7/c1-30(2)21-14(12-32-7-5-6-8-32)11-17(33)19-15(21)9-13-10-16-22(31(3)4)24(35)20(27(29)38)26(37)28(16,39)25(36)18(13)23(19)34/h11,13,16,22,33-34,37,39H,5-10,12H2,1-4H3,(H2,29,38)/t13-,16-,22-,28-/m0/s1. The fourth-order valence-electron chi connectivity index (χ4n) is 7.23. The zero-order valence-electron chi connectivity index (χ0n) is 22.7. The number of Topliss-reactive ketones (excluding diaryl/α,β-unsaturated/α-hetero) is 2. The number of carbonyl (C=O) groups is 3. The van der Waals surface area contributed by atoms with Gasteiger partial charge in [0.2, 0.25) is 5.78 Å². The van der Waals surface area contributed by atoms with Crippen LogP contribution in [-0.2, 0) is 27.3 Å². The minimum atomic E-state index is -2.64. The molecule has 0 unspecified atom stereocenters. The number of likely N-dealkylation sites (N-methyl/N-ethyl adjacent to an activating group) is 1. The van der Waals surface area contributed by atoms with Crippen LogP contribution in [0.2, 0.25) is 0 Å². The molecule has 1 aliphatic heterocycles. The predicted octanol–water partition coefficient (Wildman–Crippen LogP) is 0.626. The summed E-state index contributed by atoms with van der Waals surface area (Å²) in [5.74, 6) is -6.46. The van der Waals surface area contributed by atoms with E-state index in [0.717, 1.165) is 37.2 Å². The molecule has 0 radical (unpaired) electrons. The third-order valence-electron chi connectivity index (χ3n) is 8.81. The molecule has 1 heterocycles. The van der Waals surface area contributed by atoms with Gasteiger partial charge in [-0.15, -0.1) is 0 Å². The molecule has 0 spiro atoms. The van der Waals surface area contributed by atoms with Crippen LogP contribution in [0.3, 0.4) is 0 Å². The molecule has 1 aromatic carbocycles. The van der Waals surface area contributed by atoms with Crippen LogP contribution < -0.4 is 10.6 Å². The molecule has 4 atom stereocenters. The summed E-state index contributed by atoms with van der Waals surface area (Å²) in [4.78, 5) is 45.1. The van der Waals surface area contributed by atoms with Crippen molar-refractivity contribution in [3.63, 3.8) is 0 Å². The second-order valence-corrected chi connectivity index (χ2v) is 11.6. The number of aromatic hydroxyl groups is 1. The van der Waals surface area contributed by atoms with Crippen LogP contribution in [0.15, 0.2) is 23.0 Å². The summed E-state index contributed by atoms with van der Waals surface area (Å²) < 4.78 is 0. The molecule has 1 aromatic rings. The number of ketones is 2. The maximum Gasteiger partial charge on any atom is 0.255 e. The Morgan fingerprint density at radius 3 is 2.33 bits per heavy atom. The molecular weight excluding hydrogens is 504 g/mol. The van der Waals surface area contributed by atoms with Crippen LogP contribution in [0.1, 0.15) is 36.0 Å². The van der Waals surface area contributed by atoms with Gasteiger partial charge in [-0.1, -0.05) is 0 Å². The molecule has 11 heteroatoms. The Bertz CT molecular complexity index is 1340. The maximum atomic E-state index is 14.0. The lowest BCUT2D eigenvalue weighted by Crippen LogP contribution is -2.65. The van der Waals surface area contributed by atoms with Crippen molar-refractivity contribution in [2.45, 2.75) is 43.9 Å². The molecule has 5 rings (SSSR count). The SMILES string of the molecule is CN(C)c1c(CN2CCCC2)cc(O)c2c1C[C@H]1C[C@H]3[C@H](N(C)C)C(=O)C(C(N)=O)=C(O)[C@@]3(O)C(=O)C1=C2O. The molecule has 6 N–H and O–H groups in total. The van der Waals surface area contributed by atoms with E-state index < -0.39 is 58.0 Å². The number of hydrogen-bond acceptors (Lipinski definition) is 10. The average molecular weight is 541 g/mol. The Labute approximate surface area is 226 Å². The number of rotatable bonds is 5. The fraction of sp³-hybridized carbons (Fsp3) is 0.536. The van der Waals surface area contributed by atoms with Gasteiger partial charge in [-0.25, -0.2) is 0 Å².